The number of hydrogen-bond acceptors (Lipinski definition) is 5. The van der Waals surface area contributed by atoms with Crippen molar-refractivity contribution >= 4 is 28.5 Å². The van der Waals surface area contributed by atoms with Gasteiger partial charge in [-0.05, 0) is 6.92 Å². The SMILES string of the molecule is C[C@@H]1NC(=O)N(c2cnns2)C1=O. The van der Waals surface area contributed by atoms with Crippen LogP contribution in [0.25, 0.3) is 0 Å². The quantitative estimate of drug-likeness (QED) is 0.643. The van der Waals surface area contributed by atoms with Crippen molar-refractivity contribution in [3.63, 3.8) is 0 Å². The van der Waals surface area contributed by atoms with Crippen molar-refractivity contribution < 1.29 is 9.59 Å². The molecule has 13 heavy (non-hydrogen) atoms. The number of rotatable bonds is 1. The summed E-state index contributed by atoms with van der Waals surface area (Å²) in [7, 11) is 0. The second-order valence-corrected chi connectivity index (χ2v) is 3.36. The zero-order valence-electron chi connectivity index (χ0n) is 6.72. The molecule has 0 spiro atoms. The van der Waals surface area contributed by atoms with Crippen LogP contribution in [0.4, 0.5) is 9.80 Å². The van der Waals surface area contributed by atoms with E-state index in [1.54, 1.807) is 6.92 Å². The highest BCUT2D eigenvalue weighted by atomic mass is 32.1. The van der Waals surface area contributed by atoms with E-state index in [1.807, 2.05) is 0 Å². The van der Waals surface area contributed by atoms with Crippen LogP contribution >= 0.6 is 11.5 Å². The number of imide groups is 1. The molecule has 1 aliphatic heterocycles. The molecule has 1 N–H and O–H groups in total. The van der Waals surface area contributed by atoms with Crippen LogP contribution in [0, 0.1) is 0 Å². The van der Waals surface area contributed by atoms with Crippen LogP contribution < -0.4 is 10.2 Å². The van der Waals surface area contributed by atoms with E-state index in [9.17, 15) is 9.59 Å². The Morgan fingerprint density at radius 1 is 1.62 bits per heavy atom. The third-order valence-electron chi connectivity index (χ3n) is 1.70. The number of hydrogen-bond donors (Lipinski definition) is 1. The molecule has 0 aliphatic carbocycles. The smallest absolute Gasteiger partial charge is 0.326 e. The molecule has 1 atom stereocenters. The van der Waals surface area contributed by atoms with Crippen molar-refractivity contribution in [3.05, 3.63) is 6.20 Å². The highest BCUT2D eigenvalue weighted by Gasteiger charge is 2.37. The molecule has 0 aromatic carbocycles. The molecule has 0 bridgehead atoms. The first-order chi connectivity index (χ1) is 6.20. The molecular weight excluding hydrogens is 192 g/mol. The number of carbonyl (C=O) groups excluding carboxylic acids is 2. The van der Waals surface area contributed by atoms with Crippen molar-refractivity contribution in [1.29, 1.82) is 0 Å². The molecule has 1 fully saturated rings. The number of nitrogens with one attached hydrogen (secondary N) is 1. The first kappa shape index (κ1) is 8.11. The summed E-state index contributed by atoms with van der Waals surface area (Å²) in [6.07, 6.45) is 1.39. The van der Waals surface area contributed by atoms with E-state index in [-0.39, 0.29) is 5.91 Å². The van der Waals surface area contributed by atoms with Gasteiger partial charge >= 0.3 is 6.03 Å². The van der Waals surface area contributed by atoms with Crippen LogP contribution in [0.15, 0.2) is 6.20 Å². The molecule has 7 heteroatoms. The maximum absolute atomic E-state index is 11.4. The van der Waals surface area contributed by atoms with E-state index in [1.165, 1.54) is 6.20 Å². The van der Waals surface area contributed by atoms with Gasteiger partial charge in [-0.25, -0.2) is 9.69 Å². The first-order valence-corrected chi connectivity index (χ1v) is 4.39. The maximum atomic E-state index is 11.4. The van der Waals surface area contributed by atoms with Crippen LogP contribution in [-0.4, -0.2) is 27.6 Å². The molecule has 0 saturated carbocycles. The van der Waals surface area contributed by atoms with Gasteiger partial charge in [-0.2, -0.15) is 0 Å². The summed E-state index contributed by atoms with van der Waals surface area (Å²) in [6, 6.07) is -0.877. The molecule has 68 valence electrons. The number of amides is 3. The Morgan fingerprint density at radius 2 is 2.38 bits per heavy atom. The minimum absolute atomic E-state index is 0.268. The summed E-state index contributed by atoms with van der Waals surface area (Å²) in [5.74, 6) is -0.268. The highest BCUT2D eigenvalue weighted by Crippen LogP contribution is 2.21. The van der Waals surface area contributed by atoms with E-state index < -0.39 is 12.1 Å². The normalized spacial score (nSPS) is 22.2. The molecular formula is C6H6N4O2S. The van der Waals surface area contributed by atoms with Gasteiger partial charge in [0, 0.05) is 11.5 Å². The lowest BCUT2D eigenvalue weighted by Crippen LogP contribution is -2.30. The van der Waals surface area contributed by atoms with E-state index >= 15 is 0 Å². The number of aromatic nitrogens is 2. The third-order valence-corrected chi connectivity index (χ3v) is 2.35. The Bertz CT molecular complexity index is 350. The largest absolute Gasteiger partial charge is 0.330 e. The standard InChI is InChI=1S/C6H6N4O2S/c1-3-5(11)10(6(12)8-3)4-2-7-9-13-4/h2-3H,1H3,(H,8,12)/t3-/m0/s1. The van der Waals surface area contributed by atoms with Gasteiger partial charge in [-0.15, -0.1) is 5.10 Å². The molecule has 2 heterocycles. The number of nitrogens with zero attached hydrogens (tertiary/aromatic N) is 3. The summed E-state index contributed by atoms with van der Waals surface area (Å²) in [5, 5.41) is 6.50. The zero-order chi connectivity index (χ0) is 9.42. The lowest BCUT2D eigenvalue weighted by molar-refractivity contribution is -0.117. The monoisotopic (exact) mass is 198 g/mol. The van der Waals surface area contributed by atoms with Gasteiger partial charge in [-0.3, -0.25) is 4.79 Å². The molecule has 1 aliphatic rings. The average molecular weight is 198 g/mol. The fourth-order valence-corrected chi connectivity index (χ4v) is 1.60. The summed E-state index contributed by atoms with van der Waals surface area (Å²) in [4.78, 5) is 23.7. The topological polar surface area (TPSA) is 75.2 Å². The van der Waals surface area contributed by atoms with Crippen molar-refractivity contribution in [2.75, 3.05) is 4.90 Å². The van der Waals surface area contributed by atoms with Crippen molar-refractivity contribution in [2.45, 2.75) is 13.0 Å². The Labute approximate surface area is 77.7 Å². The van der Waals surface area contributed by atoms with Gasteiger partial charge in [0.05, 0.1) is 6.20 Å². The van der Waals surface area contributed by atoms with Crippen molar-refractivity contribution in [2.24, 2.45) is 0 Å². The molecule has 1 aromatic heterocycles. The fourth-order valence-electron chi connectivity index (χ4n) is 1.07. The minimum Gasteiger partial charge on any atom is -0.326 e. The van der Waals surface area contributed by atoms with Gasteiger partial charge in [-0.1, -0.05) is 4.49 Å². The Hall–Kier alpha value is -1.50. The Kier molecular flexibility index (Phi) is 1.73. The number of urea groups is 1. The second kappa shape index (κ2) is 2.77. The van der Waals surface area contributed by atoms with Gasteiger partial charge in [0.25, 0.3) is 5.91 Å². The molecule has 2 rings (SSSR count). The van der Waals surface area contributed by atoms with Gasteiger partial charge in [0.1, 0.15) is 11.0 Å². The third kappa shape index (κ3) is 1.17. The van der Waals surface area contributed by atoms with E-state index in [0.29, 0.717) is 5.00 Å². The molecule has 0 unspecified atom stereocenters. The summed E-state index contributed by atoms with van der Waals surface area (Å²) in [5.41, 5.74) is 0. The maximum Gasteiger partial charge on any atom is 0.330 e. The summed E-state index contributed by atoms with van der Waals surface area (Å²) in [6.45, 7) is 1.63. The highest BCUT2D eigenvalue weighted by molar-refractivity contribution is 7.10. The predicted molar refractivity (Wildman–Crippen MR) is 45.4 cm³/mol. The van der Waals surface area contributed by atoms with Crippen LogP contribution in [0.5, 0.6) is 0 Å². The molecule has 1 aromatic rings. The van der Waals surface area contributed by atoms with Crippen LogP contribution in [-0.2, 0) is 4.79 Å². The Morgan fingerprint density at radius 3 is 2.85 bits per heavy atom. The first-order valence-electron chi connectivity index (χ1n) is 3.62. The average Bonchev–Trinajstić information content (AvgIpc) is 2.63. The van der Waals surface area contributed by atoms with Crippen molar-refractivity contribution in [1.82, 2.24) is 14.9 Å². The van der Waals surface area contributed by atoms with Gasteiger partial charge in [0.15, 0.2) is 0 Å². The molecule has 1 saturated heterocycles. The van der Waals surface area contributed by atoms with Crippen LogP contribution in [0.3, 0.4) is 0 Å². The van der Waals surface area contributed by atoms with Gasteiger partial charge < -0.3 is 5.32 Å². The number of carbonyl (C=O) groups is 2. The molecule has 0 radical (unpaired) electrons. The van der Waals surface area contributed by atoms with Crippen LogP contribution in [0.2, 0.25) is 0 Å². The predicted octanol–water partition coefficient (Wildman–Crippen LogP) is -0.0172. The summed E-state index contributed by atoms with van der Waals surface area (Å²) >= 11 is 1.01. The zero-order valence-corrected chi connectivity index (χ0v) is 7.54. The van der Waals surface area contributed by atoms with E-state index in [2.05, 4.69) is 14.9 Å². The minimum atomic E-state index is -0.463. The van der Waals surface area contributed by atoms with Crippen molar-refractivity contribution in [3.8, 4) is 0 Å². The summed E-state index contributed by atoms with van der Waals surface area (Å²) < 4.78 is 3.58. The lowest BCUT2D eigenvalue weighted by Gasteiger charge is -2.06. The lowest BCUT2D eigenvalue weighted by atomic mass is 10.3. The molecule has 6 nitrogen and oxygen atoms in total. The fraction of sp³-hybridized carbons (Fsp3) is 0.333. The van der Waals surface area contributed by atoms with Gasteiger partial charge in [0.2, 0.25) is 0 Å². The molecule has 3 amide bonds. The second-order valence-electron chi connectivity index (χ2n) is 2.60. The van der Waals surface area contributed by atoms with E-state index in [4.69, 9.17) is 0 Å². The Balaban J connectivity index is 2.34. The van der Waals surface area contributed by atoms with E-state index in [0.717, 1.165) is 16.4 Å². The van der Waals surface area contributed by atoms with Crippen LogP contribution in [0.1, 0.15) is 6.92 Å². The number of anilines is 1.